The van der Waals surface area contributed by atoms with Gasteiger partial charge in [-0.3, -0.25) is 19.3 Å². The molecule has 2 aliphatic heterocycles. The lowest BCUT2D eigenvalue weighted by Crippen LogP contribution is -2.44. The third-order valence-electron chi connectivity index (χ3n) is 5.83. The fraction of sp³-hybridized carbons (Fsp3) is 0.346. The second kappa shape index (κ2) is 12.3. The molecule has 2 saturated heterocycles. The molecule has 36 heavy (non-hydrogen) atoms. The van der Waals surface area contributed by atoms with Gasteiger partial charge in [-0.05, 0) is 79.4 Å². The van der Waals surface area contributed by atoms with Gasteiger partial charge in [0.25, 0.3) is 11.1 Å². The van der Waals surface area contributed by atoms with E-state index in [2.05, 4.69) is 31.9 Å². The molecule has 0 aliphatic carbocycles. The van der Waals surface area contributed by atoms with Crippen LogP contribution in [0, 0.1) is 0 Å². The van der Waals surface area contributed by atoms with Gasteiger partial charge in [0.05, 0.1) is 11.5 Å². The van der Waals surface area contributed by atoms with E-state index in [1.807, 2.05) is 31.2 Å². The first-order valence-corrected chi connectivity index (χ1v) is 14.1. The number of carbonyl (C=O) groups is 3. The van der Waals surface area contributed by atoms with Crippen molar-refractivity contribution >= 4 is 66.8 Å². The van der Waals surface area contributed by atoms with Crippen molar-refractivity contribution in [3.8, 4) is 11.5 Å². The Hall–Kier alpha value is -2.30. The number of halogens is 2. The summed E-state index contributed by atoms with van der Waals surface area (Å²) in [5, 5.41) is -0.438. The second-order valence-corrected chi connectivity index (χ2v) is 11.1. The van der Waals surface area contributed by atoms with Crippen LogP contribution in [0.15, 0.2) is 50.2 Å². The van der Waals surface area contributed by atoms with Crippen molar-refractivity contribution in [2.24, 2.45) is 0 Å². The summed E-state index contributed by atoms with van der Waals surface area (Å²) in [6.45, 7) is 3.80. The summed E-state index contributed by atoms with van der Waals surface area (Å²) in [6.07, 6.45) is 4.64. The first kappa shape index (κ1) is 26.8. The van der Waals surface area contributed by atoms with Crippen molar-refractivity contribution in [2.75, 3.05) is 26.2 Å². The van der Waals surface area contributed by atoms with Gasteiger partial charge < -0.3 is 14.4 Å². The second-order valence-electron chi connectivity index (χ2n) is 8.38. The monoisotopic (exact) mass is 636 g/mol. The summed E-state index contributed by atoms with van der Waals surface area (Å²) in [6, 6.07) is 11.4. The highest BCUT2D eigenvalue weighted by atomic mass is 79.9. The normalized spacial score (nSPS) is 17.1. The number of amides is 3. The molecule has 0 N–H and O–H groups in total. The van der Waals surface area contributed by atoms with Crippen LogP contribution in [0.25, 0.3) is 6.08 Å². The standard InChI is InChI=1S/C26H26Br2N2O5S/c1-2-34-21-12-18(20(28)14-22(21)35-16-17-6-8-19(27)9-7-17)13-23-25(32)30(26(33)36-23)15-24(31)29-10-4-3-5-11-29/h6-9,12-14H,2-5,10-11,15-16H2,1H3/b23-13-. The van der Waals surface area contributed by atoms with Crippen LogP contribution >= 0.6 is 43.6 Å². The van der Waals surface area contributed by atoms with Crippen molar-refractivity contribution in [3.05, 3.63) is 61.4 Å². The highest BCUT2D eigenvalue weighted by Crippen LogP contribution is 2.38. The molecule has 0 spiro atoms. The Kier molecular flexibility index (Phi) is 9.14. The van der Waals surface area contributed by atoms with E-state index in [1.54, 1.807) is 23.1 Å². The molecule has 2 aromatic rings. The largest absolute Gasteiger partial charge is 0.490 e. The minimum Gasteiger partial charge on any atom is -0.490 e. The average molecular weight is 638 g/mol. The van der Waals surface area contributed by atoms with Crippen molar-refractivity contribution in [1.29, 1.82) is 0 Å². The first-order chi connectivity index (χ1) is 17.4. The molecular weight excluding hydrogens is 612 g/mol. The number of benzene rings is 2. The van der Waals surface area contributed by atoms with Gasteiger partial charge in [-0.15, -0.1) is 0 Å². The van der Waals surface area contributed by atoms with Crippen LogP contribution in [0.3, 0.4) is 0 Å². The minimum absolute atomic E-state index is 0.190. The molecule has 2 aliphatic rings. The van der Waals surface area contributed by atoms with Crippen LogP contribution in [0.5, 0.6) is 11.5 Å². The number of thioether (sulfide) groups is 1. The summed E-state index contributed by atoms with van der Waals surface area (Å²) in [5.41, 5.74) is 1.68. The number of hydrogen-bond donors (Lipinski definition) is 0. The molecule has 10 heteroatoms. The first-order valence-electron chi connectivity index (χ1n) is 11.7. The zero-order valence-corrected chi connectivity index (χ0v) is 23.8. The number of imide groups is 1. The SMILES string of the molecule is CCOc1cc(/C=C2\SC(=O)N(CC(=O)N3CCCCC3)C2=O)c(Br)cc1OCc1ccc(Br)cc1. The number of nitrogens with zero attached hydrogens (tertiary/aromatic N) is 2. The summed E-state index contributed by atoms with van der Waals surface area (Å²) in [5.74, 6) is 0.439. The van der Waals surface area contributed by atoms with Gasteiger partial charge >= 0.3 is 0 Å². The molecule has 0 radical (unpaired) electrons. The zero-order valence-electron chi connectivity index (χ0n) is 19.8. The van der Waals surface area contributed by atoms with E-state index in [9.17, 15) is 14.4 Å². The van der Waals surface area contributed by atoms with E-state index in [4.69, 9.17) is 9.47 Å². The zero-order chi connectivity index (χ0) is 25.7. The lowest BCUT2D eigenvalue weighted by atomic mass is 10.1. The molecule has 0 saturated carbocycles. The van der Waals surface area contributed by atoms with Gasteiger partial charge in [0.2, 0.25) is 5.91 Å². The summed E-state index contributed by atoms with van der Waals surface area (Å²) < 4.78 is 13.5. The van der Waals surface area contributed by atoms with Crippen LogP contribution in [0.2, 0.25) is 0 Å². The van der Waals surface area contributed by atoms with Crippen molar-refractivity contribution in [2.45, 2.75) is 32.8 Å². The smallest absolute Gasteiger partial charge is 0.294 e. The number of likely N-dealkylation sites (tertiary alicyclic amines) is 1. The topological polar surface area (TPSA) is 76.2 Å². The summed E-state index contributed by atoms with van der Waals surface area (Å²) in [7, 11) is 0. The Morgan fingerprint density at radius 2 is 1.72 bits per heavy atom. The van der Waals surface area contributed by atoms with Crippen molar-refractivity contribution < 1.29 is 23.9 Å². The molecule has 3 amide bonds. The van der Waals surface area contributed by atoms with Crippen LogP contribution in [0.1, 0.15) is 37.3 Å². The quantitative estimate of drug-likeness (QED) is 0.319. The molecule has 2 aromatic carbocycles. The maximum absolute atomic E-state index is 13.0. The Balaban J connectivity index is 1.50. The molecule has 0 unspecified atom stereocenters. The fourth-order valence-corrected chi connectivity index (χ4v) is 5.47. The number of carbonyl (C=O) groups excluding carboxylic acids is 3. The lowest BCUT2D eigenvalue weighted by molar-refractivity contribution is -0.136. The van der Waals surface area contributed by atoms with E-state index >= 15 is 0 Å². The van der Waals surface area contributed by atoms with Crippen molar-refractivity contribution in [3.63, 3.8) is 0 Å². The van der Waals surface area contributed by atoms with E-state index < -0.39 is 11.1 Å². The maximum Gasteiger partial charge on any atom is 0.294 e. The predicted molar refractivity (Wildman–Crippen MR) is 147 cm³/mol. The number of ether oxygens (including phenoxy) is 2. The van der Waals surface area contributed by atoms with E-state index in [-0.39, 0.29) is 17.4 Å². The number of piperidine rings is 1. The highest BCUT2D eigenvalue weighted by molar-refractivity contribution is 9.10. The third kappa shape index (κ3) is 6.52. The average Bonchev–Trinajstić information content (AvgIpc) is 3.13. The Morgan fingerprint density at radius 3 is 2.42 bits per heavy atom. The van der Waals surface area contributed by atoms with Crippen molar-refractivity contribution in [1.82, 2.24) is 9.80 Å². The van der Waals surface area contributed by atoms with E-state index in [0.717, 1.165) is 46.0 Å². The van der Waals surface area contributed by atoms with Gasteiger partial charge in [0.1, 0.15) is 13.2 Å². The van der Waals surface area contributed by atoms with Gasteiger partial charge in [-0.2, -0.15) is 0 Å². The van der Waals surface area contributed by atoms with E-state index in [1.165, 1.54) is 0 Å². The minimum atomic E-state index is -0.462. The predicted octanol–water partition coefficient (Wildman–Crippen LogP) is 6.24. The van der Waals surface area contributed by atoms with Gasteiger partial charge in [0, 0.05) is 22.0 Å². The van der Waals surface area contributed by atoms with Crippen LogP contribution < -0.4 is 9.47 Å². The van der Waals surface area contributed by atoms with Crippen LogP contribution in [-0.2, 0) is 16.2 Å². The lowest BCUT2D eigenvalue weighted by Gasteiger charge is -2.27. The Labute approximate surface area is 231 Å². The molecule has 190 valence electrons. The summed E-state index contributed by atoms with van der Waals surface area (Å²) in [4.78, 5) is 41.2. The molecule has 0 aromatic heterocycles. The maximum atomic E-state index is 13.0. The Morgan fingerprint density at radius 1 is 1.03 bits per heavy atom. The van der Waals surface area contributed by atoms with Gasteiger partial charge in [0.15, 0.2) is 11.5 Å². The molecule has 7 nitrogen and oxygen atoms in total. The van der Waals surface area contributed by atoms with Crippen LogP contribution in [0.4, 0.5) is 4.79 Å². The fourth-order valence-electron chi connectivity index (χ4n) is 3.94. The number of rotatable bonds is 8. The molecule has 0 bridgehead atoms. The van der Waals surface area contributed by atoms with Gasteiger partial charge in [-0.25, -0.2) is 0 Å². The third-order valence-corrected chi connectivity index (χ3v) is 7.96. The molecule has 0 atom stereocenters. The molecule has 2 heterocycles. The molecule has 2 fully saturated rings. The molecular formula is C26H26Br2N2O5S. The van der Waals surface area contributed by atoms with Crippen LogP contribution in [-0.4, -0.2) is 53.1 Å². The summed E-state index contributed by atoms with van der Waals surface area (Å²) >= 11 is 7.82. The number of hydrogen-bond acceptors (Lipinski definition) is 6. The Bertz CT molecular complexity index is 1180. The van der Waals surface area contributed by atoms with E-state index in [0.29, 0.717) is 47.8 Å². The molecule has 4 rings (SSSR count). The highest BCUT2D eigenvalue weighted by Gasteiger charge is 2.37. The van der Waals surface area contributed by atoms with Gasteiger partial charge in [-0.1, -0.05) is 44.0 Å².